The lowest BCUT2D eigenvalue weighted by Gasteiger charge is -2.27. The summed E-state index contributed by atoms with van der Waals surface area (Å²) in [6, 6.07) is 4.18. The molecule has 1 aliphatic rings. The molecule has 2 unspecified atom stereocenters. The molecule has 0 aromatic heterocycles. The third-order valence-corrected chi connectivity index (χ3v) is 6.64. The van der Waals surface area contributed by atoms with Crippen molar-refractivity contribution in [2.75, 3.05) is 5.75 Å². The van der Waals surface area contributed by atoms with Crippen LogP contribution in [0.1, 0.15) is 41.5 Å². The minimum absolute atomic E-state index is 0.223. The van der Waals surface area contributed by atoms with Gasteiger partial charge in [-0.15, -0.1) is 0 Å². The van der Waals surface area contributed by atoms with Gasteiger partial charge in [-0.1, -0.05) is 24.1 Å². The van der Waals surface area contributed by atoms with Gasteiger partial charge in [-0.25, -0.2) is 8.42 Å². The molecule has 2 rings (SSSR count). The average molecular weight is 296 g/mol. The molecule has 3 nitrogen and oxygen atoms in total. The summed E-state index contributed by atoms with van der Waals surface area (Å²) in [6.07, 6.45) is 1.86. The van der Waals surface area contributed by atoms with Crippen molar-refractivity contribution < 1.29 is 13.5 Å². The maximum absolute atomic E-state index is 12.1. The first kappa shape index (κ1) is 15.5. The quantitative estimate of drug-likeness (QED) is 0.932. The van der Waals surface area contributed by atoms with E-state index in [1.54, 1.807) is 0 Å². The van der Waals surface area contributed by atoms with Crippen LogP contribution in [0.4, 0.5) is 0 Å². The zero-order chi connectivity index (χ0) is 14.9. The molecule has 0 saturated carbocycles. The standard InChI is InChI=1S/C16H24O3S/c1-11-8-12(2)14(13(3)9-11)10-15(17)16-6-4-5-7-20(16,18)19/h8-9,15-17H,4-7,10H2,1-3H3. The number of aliphatic hydroxyl groups excluding tert-OH is 1. The molecule has 1 aromatic rings. The molecule has 1 saturated heterocycles. The number of aliphatic hydroxyl groups is 1. The highest BCUT2D eigenvalue weighted by Crippen LogP contribution is 2.26. The van der Waals surface area contributed by atoms with Crippen LogP contribution in [0.15, 0.2) is 12.1 Å². The van der Waals surface area contributed by atoms with Crippen LogP contribution in [0.25, 0.3) is 0 Å². The third-order valence-electron chi connectivity index (χ3n) is 4.31. The first-order valence-electron chi connectivity index (χ1n) is 7.27. The van der Waals surface area contributed by atoms with E-state index < -0.39 is 21.2 Å². The molecule has 1 aromatic carbocycles. The Bertz CT molecular complexity index is 567. The van der Waals surface area contributed by atoms with Crippen LogP contribution >= 0.6 is 0 Å². The Kier molecular flexibility index (Phi) is 4.55. The van der Waals surface area contributed by atoms with Crippen LogP contribution in [0.2, 0.25) is 0 Å². The van der Waals surface area contributed by atoms with E-state index in [0.29, 0.717) is 12.8 Å². The summed E-state index contributed by atoms with van der Waals surface area (Å²) in [6.45, 7) is 6.10. The fourth-order valence-electron chi connectivity index (χ4n) is 3.28. The second kappa shape index (κ2) is 5.86. The molecule has 1 aliphatic heterocycles. The molecule has 0 aliphatic carbocycles. The number of benzene rings is 1. The van der Waals surface area contributed by atoms with Crippen molar-refractivity contribution in [1.82, 2.24) is 0 Å². The SMILES string of the molecule is Cc1cc(C)c(CC(O)C2CCCCS2(=O)=O)c(C)c1. The Morgan fingerprint density at radius 2 is 1.80 bits per heavy atom. The van der Waals surface area contributed by atoms with Crippen LogP contribution in [0.5, 0.6) is 0 Å². The summed E-state index contributed by atoms with van der Waals surface area (Å²) in [5.74, 6) is 0.223. The maximum Gasteiger partial charge on any atom is 0.155 e. The summed E-state index contributed by atoms with van der Waals surface area (Å²) in [7, 11) is -3.13. The van der Waals surface area contributed by atoms with E-state index in [4.69, 9.17) is 0 Å². The van der Waals surface area contributed by atoms with Crippen molar-refractivity contribution in [2.24, 2.45) is 0 Å². The smallest absolute Gasteiger partial charge is 0.155 e. The summed E-state index contributed by atoms with van der Waals surface area (Å²) in [4.78, 5) is 0. The van der Waals surface area contributed by atoms with Crippen molar-refractivity contribution in [3.8, 4) is 0 Å². The fourth-order valence-corrected chi connectivity index (χ4v) is 5.29. The molecule has 2 atom stereocenters. The third kappa shape index (κ3) is 3.23. The molecule has 112 valence electrons. The summed E-state index contributed by atoms with van der Waals surface area (Å²) >= 11 is 0. The molecule has 0 bridgehead atoms. The molecule has 1 heterocycles. The van der Waals surface area contributed by atoms with Crippen molar-refractivity contribution in [3.63, 3.8) is 0 Å². The van der Waals surface area contributed by atoms with Crippen LogP contribution in [-0.4, -0.2) is 30.6 Å². The molecule has 4 heteroatoms. The largest absolute Gasteiger partial charge is 0.391 e. The van der Waals surface area contributed by atoms with Crippen molar-refractivity contribution in [2.45, 2.75) is 57.8 Å². The van der Waals surface area contributed by atoms with E-state index in [2.05, 4.69) is 12.1 Å². The number of hydrogen-bond donors (Lipinski definition) is 1. The maximum atomic E-state index is 12.1. The van der Waals surface area contributed by atoms with Crippen LogP contribution < -0.4 is 0 Å². The second-order valence-corrected chi connectivity index (χ2v) is 8.39. The van der Waals surface area contributed by atoms with Crippen LogP contribution in [0, 0.1) is 20.8 Å². The Morgan fingerprint density at radius 3 is 2.35 bits per heavy atom. The highest BCUT2D eigenvalue weighted by molar-refractivity contribution is 7.92. The number of sulfone groups is 1. The predicted octanol–water partition coefficient (Wildman–Crippen LogP) is 2.48. The molecule has 0 spiro atoms. The first-order valence-corrected chi connectivity index (χ1v) is 8.99. The molecule has 0 radical (unpaired) electrons. The van der Waals surface area contributed by atoms with E-state index in [0.717, 1.165) is 29.5 Å². The van der Waals surface area contributed by atoms with E-state index in [1.165, 1.54) is 5.56 Å². The number of rotatable bonds is 3. The van der Waals surface area contributed by atoms with Gasteiger partial charge in [-0.05, 0) is 50.3 Å². The van der Waals surface area contributed by atoms with Gasteiger partial charge in [0.25, 0.3) is 0 Å². The molecule has 0 amide bonds. The Labute approximate surface area is 121 Å². The fraction of sp³-hybridized carbons (Fsp3) is 0.625. The van der Waals surface area contributed by atoms with Gasteiger partial charge in [0.2, 0.25) is 0 Å². The van der Waals surface area contributed by atoms with Crippen molar-refractivity contribution in [1.29, 1.82) is 0 Å². The molecule has 1 N–H and O–H groups in total. The van der Waals surface area contributed by atoms with Gasteiger partial charge < -0.3 is 5.11 Å². The van der Waals surface area contributed by atoms with Gasteiger partial charge in [0.15, 0.2) is 9.84 Å². The normalized spacial score (nSPS) is 23.5. The Balaban J connectivity index is 2.22. The van der Waals surface area contributed by atoms with E-state index in [9.17, 15) is 13.5 Å². The lowest BCUT2D eigenvalue weighted by atomic mass is 9.93. The summed E-state index contributed by atoms with van der Waals surface area (Å²) in [5.41, 5.74) is 4.55. The molecule has 20 heavy (non-hydrogen) atoms. The van der Waals surface area contributed by atoms with E-state index >= 15 is 0 Å². The summed E-state index contributed by atoms with van der Waals surface area (Å²) in [5, 5.41) is 9.82. The van der Waals surface area contributed by atoms with Crippen molar-refractivity contribution >= 4 is 9.84 Å². The van der Waals surface area contributed by atoms with Crippen LogP contribution in [0.3, 0.4) is 0 Å². The predicted molar refractivity (Wildman–Crippen MR) is 81.8 cm³/mol. The van der Waals surface area contributed by atoms with Crippen LogP contribution in [-0.2, 0) is 16.3 Å². The first-order chi connectivity index (χ1) is 9.31. The minimum Gasteiger partial charge on any atom is -0.391 e. The topological polar surface area (TPSA) is 54.4 Å². The highest BCUT2D eigenvalue weighted by Gasteiger charge is 2.34. The summed E-state index contributed by atoms with van der Waals surface area (Å²) < 4.78 is 24.2. The number of hydrogen-bond acceptors (Lipinski definition) is 3. The minimum atomic E-state index is -3.13. The van der Waals surface area contributed by atoms with Gasteiger partial charge in [0.05, 0.1) is 17.1 Å². The average Bonchev–Trinajstić information content (AvgIpc) is 2.32. The zero-order valence-electron chi connectivity index (χ0n) is 12.5. The van der Waals surface area contributed by atoms with E-state index in [-0.39, 0.29) is 5.75 Å². The van der Waals surface area contributed by atoms with Gasteiger partial charge in [0, 0.05) is 6.42 Å². The van der Waals surface area contributed by atoms with Gasteiger partial charge in [-0.3, -0.25) is 0 Å². The second-order valence-electron chi connectivity index (χ2n) is 6.05. The monoisotopic (exact) mass is 296 g/mol. The Morgan fingerprint density at radius 1 is 1.20 bits per heavy atom. The van der Waals surface area contributed by atoms with Gasteiger partial charge in [-0.2, -0.15) is 0 Å². The highest BCUT2D eigenvalue weighted by atomic mass is 32.2. The van der Waals surface area contributed by atoms with Gasteiger partial charge >= 0.3 is 0 Å². The molecular weight excluding hydrogens is 272 g/mol. The number of aryl methyl sites for hydroxylation is 3. The molecular formula is C16H24O3S. The lowest BCUT2D eigenvalue weighted by Crippen LogP contribution is -2.39. The van der Waals surface area contributed by atoms with E-state index in [1.807, 2.05) is 20.8 Å². The Hall–Kier alpha value is -0.870. The van der Waals surface area contributed by atoms with Crippen molar-refractivity contribution in [3.05, 3.63) is 34.4 Å². The van der Waals surface area contributed by atoms with Gasteiger partial charge in [0.1, 0.15) is 0 Å². The zero-order valence-corrected chi connectivity index (χ0v) is 13.3. The lowest BCUT2D eigenvalue weighted by molar-refractivity contribution is 0.161. The molecule has 1 fully saturated rings.